The average Bonchev–Trinajstić information content (AvgIpc) is 2.46. The van der Waals surface area contributed by atoms with Crippen LogP contribution < -0.4 is 4.52 Å². The van der Waals surface area contributed by atoms with Crippen LogP contribution in [0.4, 0.5) is 0 Å². The summed E-state index contributed by atoms with van der Waals surface area (Å²) in [6, 6.07) is 9.94. The Kier molecular flexibility index (Phi) is 5.47. The number of para-hydroxylation sites is 1. The van der Waals surface area contributed by atoms with Crippen LogP contribution in [0.2, 0.25) is 0 Å². The number of rotatable bonds is 5. The average molecular weight is 348 g/mol. The Hall–Kier alpha value is -2.10. The highest BCUT2D eigenvalue weighted by atomic mass is 31.2. The standard InChI is InChI=1S/C18H21O5P/c1-5-16-12(2)11-13(3)17(14(16)4)18(19)23-24(20,21)22-15-9-7-6-8-10-15/h6-11H,5H2,1-4H3,(H,20,21). The van der Waals surface area contributed by atoms with Gasteiger partial charge in [-0.25, -0.2) is 9.36 Å². The van der Waals surface area contributed by atoms with Gasteiger partial charge in [0.25, 0.3) is 0 Å². The number of carbonyl (C=O) groups excluding carboxylic acids is 1. The maximum atomic E-state index is 12.4. The predicted molar refractivity (Wildman–Crippen MR) is 92.3 cm³/mol. The third-order valence-corrected chi connectivity index (χ3v) is 4.69. The number of aryl methyl sites for hydroxylation is 2. The second kappa shape index (κ2) is 7.20. The molecule has 0 spiro atoms. The SMILES string of the molecule is CCc1c(C)cc(C)c(C(=O)OP(=O)(O)Oc2ccccc2)c1C. The molecule has 0 heterocycles. The van der Waals surface area contributed by atoms with Crippen molar-refractivity contribution < 1.29 is 23.3 Å². The Morgan fingerprint density at radius 3 is 2.33 bits per heavy atom. The van der Waals surface area contributed by atoms with Gasteiger partial charge in [0.05, 0.1) is 5.56 Å². The smallest absolute Gasteiger partial charge is 0.395 e. The normalized spacial score (nSPS) is 13.2. The summed E-state index contributed by atoms with van der Waals surface area (Å²) < 4.78 is 21.8. The molecule has 2 aromatic carbocycles. The fourth-order valence-electron chi connectivity index (χ4n) is 2.87. The van der Waals surface area contributed by atoms with E-state index in [0.717, 1.165) is 23.1 Å². The zero-order valence-electron chi connectivity index (χ0n) is 14.2. The van der Waals surface area contributed by atoms with Crippen molar-refractivity contribution in [3.63, 3.8) is 0 Å². The monoisotopic (exact) mass is 348 g/mol. The zero-order valence-corrected chi connectivity index (χ0v) is 15.1. The highest BCUT2D eigenvalue weighted by Crippen LogP contribution is 2.45. The fourth-order valence-corrected chi connectivity index (χ4v) is 3.59. The van der Waals surface area contributed by atoms with E-state index in [1.54, 1.807) is 25.1 Å². The molecule has 0 fully saturated rings. The molecule has 24 heavy (non-hydrogen) atoms. The Bertz CT molecular complexity index is 799. The summed E-state index contributed by atoms with van der Waals surface area (Å²) in [5, 5.41) is 0. The molecule has 2 aromatic rings. The quantitative estimate of drug-likeness (QED) is 0.805. The highest BCUT2D eigenvalue weighted by molar-refractivity contribution is 7.48. The molecule has 1 atom stereocenters. The third kappa shape index (κ3) is 4.05. The number of carbonyl (C=O) groups is 1. The van der Waals surface area contributed by atoms with Crippen molar-refractivity contribution >= 4 is 13.8 Å². The van der Waals surface area contributed by atoms with E-state index in [-0.39, 0.29) is 5.75 Å². The first-order chi connectivity index (χ1) is 11.2. The third-order valence-electron chi connectivity index (χ3n) is 3.85. The number of benzene rings is 2. The van der Waals surface area contributed by atoms with E-state index in [1.165, 1.54) is 12.1 Å². The van der Waals surface area contributed by atoms with E-state index in [1.807, 2.05) is 26.8 Å². The van der Waals surface area contributed by atoms with Crippen molar-refractivity contribution in [2.75, 3.05) is 0 Å². The molecule has 1 unspecified atom stereocenters. The molecule has 0 saturated carbocycles. The van der Waals surface area contributed by atoms with Gasteiger partial charge in [0.15, 0.2) is 0 Å². The van der Waals surface area contributed by atoms with Crippen molar-refractivity contribution in [3.8, 4) is 5.75 Å². The number of phosphoric ester groups is 1. The van der Waals surface area contributed by atoms with Crippen molar-refractivity contribution in [3.05, 3.63) is 64.2 Å². The first-order valence-corrected chi connectivity index (χ1v) is 9.15. The van der Waals surface area contributed by atoms with Gasteiger partial charge in [-0.2, -0.15) is 0 Å². The minimum Gasteiger partial charge on any atom is -0.395 e. The summed E-state index contributed by atoms with van der Waals surface area (Å²) >= 11 is 0. The summed E-state index contributed by atoms with van der Waals surface area (Å²) in [6.45, 7) is 7.56. The molecule has 0 aromatic heterocycles. The number of hydrogen-bond donors (Lipinski definition) is 1. The molecular formula is C18H21O5P. The minimum absolute atomic E-state index is 0.155. The van der Waals surface area contributed by atoms with E-state index in [2.05, 4.69) is 0 Å². The summed E-state index contributed by atoms with van der Waals surface area (Å²) in [5.41, 5.74) is 3.89. The molecule has 0 saturated heterocycles. The summed E-state index contributed by atoms with van der Waals surface area (Å²) in [6.07, 6.45) is 0.759. The molecule has 0 aliphatic rings. The molecule has 0 amide bonds. The molecule has 5 nitrogen and oxygen atoms in total. The van der Waals surface area contributed by atoms with Gasteiger partial charge in [0, 0.05) is 0 Å². The topological polar surface area (TPSA) is 72.8 Å². The lowest BCUT2D eigenvalue weighted by Gasteiger charge is -2.17. The van der Waals surface area contributed by atoms with Crippen LogP contribution in [0.25, 0.3) is 0 Å². The van der Waals surface area contributed by atoms with Crippen LogP contribution in [0.15, 0.2) is 36.4 Å². The van der Waals surface area contributed by atoms with E-state index >= 15 is 0 Å². The van der Waals surface area contributed by atoms with E-state index < -0.39 is 13.8 Å². The van der Waals surface area contributed by atoms with E-state index in [0.29, 0.717) is 11.1 Å². The van der Waals surface area contributed by atoms with Crippen LogP contribution >= 0.6 is 7.82 Å². The first-order valence-electron chi connectivity index (χ1n) is 7.66. The van der Waals surface area contributed by atoms with Crippen LogP contribution in [-0.2, 0) is 15.5 Å². The molecular weight excluding hydrogens is 327 g/mol. The lowest BCUT2D eigenvalue weighted by atomic mass is 9.92. The number of hydrogen-bond acceptors (Lipinski definition) is 4. The molecule has 0 bridgehead atoms. The van der Waals surface area contributed by atoms with Gasteiger partial charge in [-0.1, -0.05) is 31.2 Å². The van der Waals surface area contributed by atoms with Gasteiger partial charge in [-0.05, 0) is 61.6 Å². The fraction of sp³-hybridized carbons (Fsp3) is 0.278. The van der Waals surface area contributed by atoms with Crippen LogP contribution in [0.5, 0.6) is 5.75 Å². The second-order valence-electron chi connectivity index (χ2n) is 5.59. The Morgan fingerprint density at radius 1 is 1.12 bits per heavy atom. The molecule has 128 valence electrons. The molecule has 0 aliphatic carbocycles. The van der Waals surface area contributed by atoms with Gasteiger partial charge in [0.2, 0.25) is 0 Å². The molecule has 0 radical (unpaired) electrons. The highest BCUT2D eigenvalue weighted by Gasteiger charge is 2.30. The van der Waals surface area contributed by atoms with Crippen LogP contribution in [0.3, 0.4) is 0 Å². The second-order valence-corrected chi connectivity index (χ2v) is 6.90. The predicted octanol–water partition coefficient (Wildman–Crippen LogP) is 4.51. The summed E-state index contributed by atoms with van der Waals surface area (Å²) in [5.74, 6) is -0.704. The van der Waals surface area contributed by atoms with Crippen molar-refractivity contribution in [2.45, 2.75) is 34.1 Å². The van der Waals surface area contributed by atoms with E-state index in [4.69, 9.17) is 9.05 Å². The Labute approximate surface area is 141 Å². The van der Waals surface area contributed by atoms with Crippen LogP contribution in [-0.4, -0.2) is 10.9 Å². The summed E-state index contributed by atoms with van der Waals surface area (Å²) in [7, 11) is -4.56. The van der Waals surface area contributed by atoms with Gasteiger partial charge in [-0.15, -0.1) is 0 Å². The largest absolute Gasteiger partial charge is 0.587 e. The van der Waals surface area contributed by atoms with Gasteiger partial charge < -0.3 is 9.05 Å². The van der Waals surface area contributed by atoms with Crippen LogP contribution in [0, 0.1) is 20.8 Å². The lowest BCUT2D eigenvalue weighted by Crippen LogP contribution is -2.12. The van der Waals surface area contributed by atoms with Crippen LogP contribution in [0.1, 0.15) is 39.5 Å². The molecule has 1 N–H and O–H groups in total. The minimum atomic E-state index is -4.56. The lowest BCUT2D eigenvalue weighted by molar-refractivity contribution is 0.0681. The van der Waals surface area contributed by atoms with Gasteiger partial charge in [-0.3, -0.25) is 4.89 Å². The van der Waals surface area contributed by atoms with Crippen molar-refractivity contribution in [1.29, 1.82) is 0 Å². The first kappa shape index (κ1) is 18.2. The van der Waals surface area contributed by atoms with Crippen molar-refractivity contribution in [2.24, 2.45) is 0 Å². The van der Waals surface area contributed by atoms with Crippen molar-refractivity contribution in [1.82, 2.24) is 0 Å². The van der Waals surface area contributed by atoms with Gasteiger partial charge in [0.1, 0.15) is 5.75 Å². The van der Waals surface area contributed by atoms with E-state index in [9.17, 15) is 14.3 Å². The summed E-state index contributed by atoms with van der Waals surface area (Å²) in [4.78, 5) is 22.3. The zero-order chi connectivity index (χ0) is 17.9. The Balaban J connectivity index is 2.28. The van der Waals surface area contributed by atoms with Gasteiger partial charge >= 0.3 is 13.8 Å². The Morgan fingerprint density at radius 2 is 1.75 bits per heavy atom. The number of phosphoric acid groups is 1. The molecule has 6 heteroatoms. The maximum absolute atomic E-state index is 12.4. The molecule has 0 aliphatic heterocycles. The maximum Gasteiger partial charge on any atom is 0.587 e. The molecule has 2 rings (SSSR count).